The molecule has 0 N–H and O–H groups in total. The van der Waals surface area contributed by atoms with Gasteiger partial charge in [-0.15, -0.1) is 0 Å². The first-order valence-corrected chi connectivity index (χ1v) is 4.14. The van der Waals surface area contributed by atoms with Gasteiger partial charge in [0.1, 0.15) is 5.82 Å². The number of nitriles is 1. The fourth-order valence-electron chi connectivity index (χ4n) is 1.09. The van der Waals surface area contributed by atoms with Crippen LogP contribution in [0.25, 0.3) is 0 Å². The SMILES string of the molecule is C.CC(C)(C)c1cc(F)cc(C#N)c1. The van der Waals surface area contributed by atoms with Gasteiger partial charge in [-0.3, -0.25) is 0 Å². The van der Waals surface area contributed by atoms with Gasteiger partial charge in [-0.05, 0) is 29.2 Å². The van der Waals surface area contributed by atoms with Crippen molar-refractivity contribution in [3.8, 4) is 6.07 Å². The number of benzene rings is 1. The van der Waals surface area contributed by atoms with Crippen molar-refractivity contribution in [2.24, 2.45) is 0 Å². The van der Waals surface area contributed by atoms with E-state index in [0.29, 0.717) is 5.56 Å². The molecule has 0 unspecified atom stereocenters. The zero-order valence-corrected chi connectivity index (χ0v) is 8.06. The average molecular weight is 193 g/mol. The van der Waals surface area contributed by atoms with Crippen LogP contribution in [0.4, 0.5) is 4.39 Å². The summed E-state index contributed by atoms with van der Waals surface area (Å²) in [4.78, 5) is 0. The van der Waals surface area contributed by atoms with E-state index < -0.39 is 0 Å². The zero-order valence-electron chi connectivity index (χ0n) is 8.06. The highest BCUT2D eigenvalue weighted by atomic mass is 19.1. The van der Waals surface area contributed by atoms with E-state index >= 15 is 0 Å². The fraction of sp³-hybridized carbons (Fsp3) is 0.417. The topological polar surface area (TPSA) is 23.8 Å². The Bertz CT molecular complexity index is 356. The van der Waals surface area contributed by atoms with Gasteiger partial charge in [0.05, 0.1) is 11.6 Å². The highest BCUT2D eigenvalue weighted by Gasteiger charge is 2.15. The highest BCUT2D eigenvalue weighted by molar-refractivity contribution is 5.36. The Kier molecular flexibility index (Phi) is 3.82. The molecule has 0 saturated heterocycles. The lowest BCUT2D eigenvalue weighted by atomic mass is 9.86. The van der Waals surface area contributed by atoms with Gasteiger partial charge in [0.2, 0.25) is 0 Å². The van der Waals surface area contributed by atoms with Gasteiger partial charge in [0.15, 0.2) is 0 Å². The number of hydrogen-bond acceptors (Lipinski definition) is 1. The summed E-state index contributed by atoms with van der Waals surface area (Å²) in [6, 6.07) is 6.38. The van der Waals surface area contributed by atoms with Crippen molar-refractivity contribution < 1.29 is 4.39 Å². The maximum Gasteiger partial charge on any atom is 0.124 e. The van der Waals surface area contributed by atoms with Crippen molar-refractivity contribution >= 4 is 0 Å². The van der Waals surface area contributed by atoms with E-state index in [1.54, 1.807) is 6.07 Å². The monoisotopic (exact) mass is 193 g/mol. The maximum atomic E-state index is 13.0. The second kappa shape index (κ2) is 4.23. The van der Waals surface area contributed by atoms with Crippen LogP contribution in [0.5, 0.6) is 0 Å². The molecule has 0 heterocycles. The van der Waals surface area contributed by atoms with Crippen LogP contribution in [0.2, 0.25) is 0 Å². The molecule has 1 aromatic rings. The molecule has 76 valence electrons. The first-order chi connectivity index (χ1) is 5.93. The molecule has 1 aromatic carbocycles. The molecule has 0 aliphatic rings. The Hall–Kier alpha value is -1.36. The van der Waals surface area contributed by atoms with E-state index in [4.69, 9.17) is 5.26 Å². The minimum atomic E-state index is -0.344. The van der Waals surface area contributed by atoms with Crippen LogP contribution in [0.15, 0.2) is 18.2 Å². The molecular weight excluding hydrogens is 177 g/mol. The Morgan fingerprint density at radius 1 is 1.21 bits per heavy atom. The molecule has 0 bridgehead atoms. The summed E-state index contributed by atoms with van der Waals surface area (Å²) < 4.78 is 13.0. The lowest BCUT2D eigenvalue weighted by Gasteiger charge is -2.18. The quantitative estimate of drug-likeness (QED) is 0.617. The van der Waals surface area contributed by atoms with Crippen molar-refractivity contribution in [3.63, 3.8) is 0 Å². The van der Waals surface area contributed by atoms with Crippen LogP contribution in [-0.4, -0.2) is 0 Å². The summed E-state index contributed by atoms with van der Waals surface area (Å²) in [5.74, 6) is -0.344. The predicted octanol–water partition coefficient (Wildman–Crippen LogP) is 3.63. The fourth-order valence-corrected chi connectivity index (χ4v) is 1.09. The lowest BCUT2D eigenvalue weighted by molar-refractivity contribution is 0.572. The molecule has 0 aromatic heterocycles. The summed E-state index contributed by atoms with van der Waals surface area (Å²) in [5, 5.41) is 8.64. The zero-order chi connectivity index (χ0) is 10.1. The molecule has 14 heavy (non-hydrogen) atoms. The smallest absolute Gasteiger partial charge is 0.124 e. The van der Waals surface area contributed by atoms with Crippen LogP contribution in [0.3, 0.4) is 0 Å². The Balaban J connectivity index is 0.00000169. The van der Waals surface area contributed by atoms with Crippen LogP contribution in [0, 0.1) is 17.1 Å². The van der Waals surface area contributed by atoms with Gasteiger partial charge in [0.25, 0.3) is 0 Å². The summed E-state index contributed by atoms with van der Waals surface area (Å²) in [5.41, 5.74) is 1.11. The molecule has 1 nitrogen and oxygen atoms in total. The third-order valence-corrected chi connectivity index (χ3v) is 1.89. The van der Waals surface area contributed by atoms with Crippen molar-refractivity contribution in [1.82, 2.24) is 0 Å². The van der Waals surface area contributed by atoms with Gasteiger partial charge in [0, 0.05) is 0 Å². The molecule has 0 fully saturated rings. The number of halogens is 1. The average Bonchev–Trinajstić information content (AvgIpc) is 2.01. The number of nitrogens with zero attached hydrogens (tertiary/aromatic N) is 1. The molecule has 1 rings (SSSR count). The van der Waals surface area contributed by atoms with Crippen molar-refractivity contribution in [1.29, 1.82) is 5.26 Å². The van der Waals surface area contributed by atoms with Crippen LogP contribution >= 0.6 is 0 Å². The van der Waals surface area contributed by atoms with Crippen LogP contribution < -0.4 is 0 Å². The van der Waals surface area contributed by atoms with Crippen molar-refractivity contribution in [3.05, 3.63) is 35.1 Å². The Labute approximate surface area is 85.2 Å². The molecule has 0 aliphatic heterocycles. The van der Waals surface area contributed by atoms with E-state index in [2.05, 4.69) is 0 Å². The summed E-state index contributed by atoms with van der Waals surface area (Å²) in [6.45, 7) is 5.97. The molecule has 0 aliphatic carbocycles. The second-order valence-corrected chi connectivity index (χ2v) is 4.09. The summed E-state index contributed by atoms with van der Waals surface area (Å²) in [7, 11) is 0. The molecule has 0 atom stereocenters. The van der Waals surface area contributed by atoms with E-state index in [0.717, 1.165) is 5.56 Å². The third kappa shape index (κ3) is 2.85. The largest absolute Gasteiger partial charge is 0.207 e. The van der Waals surface area contributed by atoms with E-state index in [-0.39, 0.29) is 18.7 Å². The maximum absolute atomic E-state index is 13.0. The molecule has 2 heteroatoms. The number of rotatable bonds is 0. The van der Waals surface area contributed by atoms with Crippen molar-refractivity contribution in [2.45, 2.75) is 33.6 Å². The van der Waals surface area contributed by atoms with Crippen LogP contribution in [0.1, 0.15) is 39.3 Å². The molecule has 0 saturated carbocycles. The molecular formula is C12H16FN. The Morgan fingerprint density at radius 2 is 1.79 bits per heavy atom. The van der Waals surface area contributed by atoms with Crippen LogP contribution in [-0.2, 0) is 5.41 Å². The first kappa shape index (κ1) is 12.6. The van der Waals surface area contributed by atoms with Gasteiger partial charge in [-0.2, -0.15) is 5.26 Å². The second-order valence-electron chi connectivity index (χ2n) is 4.09. The van der Waals surface area contributed by atoms with Crippen molar-refractivity contribution in [2.75, 3.05) is 0 Å². The standard InChI is InChI=1S/C11H12FN.CH4/c1-11(2,3)9-4-8(7-13)5-10(12)6-9;/h4-6H,1-3H3;1H4. The lowest BCUT2D eigenvalue weighted by Crippen LogP contribution is -2.11. The highest BCUT2D eigenvalue weighted by Crippen LogP contribution is 2.23. The molecule has 0 amide bonds. The third-order valence-electron chi connectivity index (χ3n) is 1.89. The van der Waals surface area contributed by atoms with Gasteiger partial charge < -0.3 is 0 Å². The van der Waals surface area contributed by atoms with Gasteiger partial charge >= 0.3 is 0 Å². The minimum Gasteiger partial charge on any atom is -0.207 e. The number of hydrogen-bond donors (Lipinski definition) is 0. The minimum absolute atomic E-state index is 0. The summed E-state index contributed by atoms with van der Waals surface area (Å²) in [6.07, 6.45) is 0. The molecule has 0 radical (unpaired) electrons. The normalized spacial score (nSPS) is 10.2. The van der Waals surface area contributed by atoms with E-state index in [9.17, 15) is 4.39 Å². The predicted molar refractivity (Wildman–Crippen MR) is 56.5 cm³/mol. The molecule has 0 spiro atoms. The Morgan fingerprint density at radius 3 is 2.21 bits per heavy atom. The van der Waals surface area contributed by atoms with Gasteiger partial charge in [-0.1, -0.05) is 28.2 Å². The summed E-state index contributed by atoms with van der Waals surface area (Å²) >= 11 is 0. The van der Waals surface area contributed by atoms with E-state index in [1.807, 2.05) is 26.8 Å². The van der Waals surface area contributed by atoms with Gasteiger partial charge in [-0.25, -0.2) is 4.39 Å². The first-order valence-electron chi connectivity index (χ1n) is 4.14. The van der Waals surface area contributed by atoms with E-state index in [1.165, 1.54) is 12.1 Å².